The van der Waals surface area contributed by atoms with Gasteiger partial charge in [0.15, 0.2) is 8.32 Å². The second kappa shape index (κ2) is 8.75. The summed E-state index contributed by atoms with van der Waals surface area (Å²) in [6.45, 7) is 12.3. The Hall–Kier alpha value is -2.42. The van der Waals surface area contributed by atoms with Gasteiger partial charge in [0.1, 0.15) is 6.07 Å². The van der Waals surface area contributed by atoms with E-state index < -0.39 is 8.32 Å². The summed E-state index contributed by atoms with van der Waals surface area (Å²) in [6.07, 6.45) is 4.86. The van der Waals surface area contributed by atoms with Gasteiger partial charge >= 0.3 is 0 Å². The molecule has 2 aromatic carbocycles. The van der Waals surface area contributed by atoms with Crippen LogP contribution in [-0.4, -0.2) is 24.7 Å². The molecule has 158 valence electrons. The normalized spacial score (nSPS) is 12.3. The lowest BCUT2D eigenvalue weighted by atomic mass is 9.91. The molecular formula is C25H33N3OSi. The molecule has 0 atom stereocenters. The fourth-order valence-electron chi connectivity index (χ4n) is 3.58. The number of nitrogens with zero attached hydrogens (tertiary/aromatic N) is 3. The summed E-state index contributed by atoms with van der Waals surface area (Å²) in [6, 6.07) is 14.8. The van der Waals surface area contributed by atoms with Gasteiger partial charge in [0, 0.05) is 30.8 Å². The van der Waals surface area contributed by atoms with Gasteiger partial charge in [-0.3, -0.25) is 4.68 Å². The van der Waals surface area contributed by atoms with E-state index in [1.54, 1.807) is 6.20 Å². The summed E-state index contributed by atoms with van der Waals surface area (Å²) in [7, 11) is 0.233. The average Bonchev–Trinajstić information content (AvgIpc) is 3.12. The van der Waals surface area contributed by atoms with Crippen LogP contribution < -0.4 is 0 Å². The number of hydrogen-bond acceptors (Lipinski definition) is 3. The van der Waals surface area contributed by atoms with Crippen LogP contribution >= 0.6 is 0 Å². The first-order valence-electron chi connectivity index (χ1n) is 10.7. The van der Waals surface area contributed by atoms with Gasteiger partial charge in [-0.05, 0) is 60.5 Å². The van der Waals surface area contributed by atoms with Crippen molar-refractivity contribution in [3.8, 4) is 17.3 Å². The number of benzene rings is 2. The lowest BCUT2D eigenvalue weighted by Gasteiger charge is -2.36. The SMILES string of the molecule is Cn1nccc1-c1cc(CCCCO[Si](C)(C)C(C)(C)C)c2ccccc2c1C#N. The average molecular weight is 420 g/mol. The molecule has 0 fully saturated rings. The van der Waals surface area contributed by atoms with Gasteiger partial charge in [-0.25, -0.2) is 0 Å². The van der Waals surface area contributed by atoms with Crippen molar-refractivity contribution >= 4 is 19.1 Å². The van der Waals surface area contributed by atoms with Crippen LogP contribution in [0, 0.1) is 11.3 Å². The highest BCUT2D eigenvalue weighted by atomic mass is 28.4. The molecule has 4 nitrogen and oxygen atoms in total. The second-order valence-corrected chi connectivity index (χ2v) is 14.3. The lowest BCUT2D eigenvalue weighted by Crippen LogP contribution is -2.40. The molecule has 0 aliphatic carbocycles. The smallest absolute Gasteiger partial charge is 0.191 e. The predicted molar refractivity (Wildman–Crippen MR) is 127 cm³/mol. The highest BCUT2D eigenvalue weighted by Gasteiger charge is 2.36. The molecule has 0 N–H and O–H groups in total. The van der Waals surface area contributed by atoms with Crippen LogP contribution in [0.1, 0.15) is 44.7 Å². The molecule has 1 heterocycles. The van der Waals surface area contributed by atoms with Gasteiger partial charge in [0.25, 0.3) is 0 Å². The monoisotopic (exact) mass is 419 g/mol. The Labute approximate surface area is 181 Å². The van der Waals surface area contributed by atoms with Gasteiger partial charge in [-0.15, -0.1) is 0 Å². The van der Waals surface area contributed by atoms with Crippen LogP contribution in [0.4, 0.5) is 0 Å². The first kappa shape index (κ1) is 22.3. The van der Waals surface area contributed by atoms with Crippen molar-refractivity contribution in [2.24, 2.45) is 7.05 Å². The zero-order valence-electron chi connectivity index (χ0n) is 19.1. The molecule has 0 aliphatic rings. The molecule has 0 saturated carbocycles. The Bertz CT molecular complexity index is 1070. The minimum atomic E-state index is -1.69. The third kappa shape index (κ3) is 4.50. The van der Waals surface area contributed by atoms with Gasteiger partial charge in [-0.1, -0.05) is 45.0 Å². The molecule has 0 spiro atoms. The van der Waals surface area contributed by atoms with E-state index in [9.17, 15) is 5.26 Å². The van der Waals surface area contributed by atoms with E-state index in [1.165, 1.54) is 10.9 Å². The van der Waals surface area contributed by atoms with Crippen molar-refractivity contribution in [3.63, 3.8) is 0 Å². The van der Waals surface area contributed by atoms with Crippen LogP contribution in [0.2, 0.25) is 18.1 Å². The molecule has 0 unspecified atom stereocenters. The van der Waals surface area contributed by atoms with Gasteiger partial charge < -0.3 is 4.43 Å². The molecule has 0 radical (unpaired) electrons. The van der Waals surface area contributed by atoms with E-state index in [4.69, 9.17) is 4.43 Å². The minimum Gasteiger partial charge on any atom is -0.417 e. The Morgan fingerprint density at radius 2 is 1.80 bits per heavy atom. The number of nitriles is 1. The van der Waals surface area contributed by atoms with Crippen molar-refractivity contribution < 1.29 is 4.43 Å². The molecular weight excluding hydrogens is 386 g/mol. The lowest BCUT2D eigenvalue weighted by molar-refractivity contribution is 0.279. The van der Waals surface area contributed by atoms with Crippen molar-refractivity contribution in [1.29, 1.82) is 5.26 Å². The minimum absolute atomic E-state index is 0.244. The molecule has 3 rings (SSSR count). The van der Waals surface area contributed by atoms with Crippen molar-refractivity contribution in [1.82, 2.24) is 9.78 Å². The summed E-state index contributed by atoms with van der Waals surface area (Å²) >= 11 is 0. The molecule has 3 aromatic rings. The fourth-order valence-corrected chi connectivity index (χ4v) is 4.67. The number of aryl methyl sites for hydroxylation is 2. The maximum absolute atomic E-state index is 9.89. The molecule has 0 amide bonds. The summed E-state index contributed by atoms with van der Waals surface area (Å²) < 4.78 is 8.17. The standard InChI is InChI=1S/C25H33N3OSi/c1-25(2,3)30(5,6)29-16-10-9-11-19-17-22(24-14-15-27-28(24)4)23(18-26)21-13-8-7-12-20(19)21/h7-8,12-15,17H,9-11,16H2,1-6H3. The zero-order valence-corrected chi connectivity index (χ0v) is 20.1. The Kier molecular flexibility index (Phi) is 6.49. The van der Waals surface area contributed by atoms with Crippen molar-refractivity contribution in [2.45, 2.75) is 58.2 Å². The van der Waals surface area contributed by atoms with Gasteiger partial charge in [-0.2, -0.15) is 10.4 Å². The van der Waals surface area contributed by atoms with E-state index in [1.807, 2.05) is 23.9 Å². The van der Waals surface area contributed by atoms with Gasteiger partial charge in [0.05, 0.1) is 11.3 Å². The maximum Gasteiger partial charge on any atom is 0.191 e. The summed E-state index contributed by atoms with van der Waals surface area (Å²) in [5.74, 6) is 0. The second-order valence-electron chi connectivity index (χ2n) is 9.52. The first-order valence-corrected chi connectivity index (χ1v) is 13.6. The largest absolute Gasteiger partial charge is 0.417 e. The Morgan fingerprint density at radius 1 is 1.10 bits per heavy atom. The van der Waals surface area contributed by atoms with E-state index >= 15 is 0 Å². The topological polar surface area (TPSA) is 50.8 Å². The number of unbranched alkanes of at least 4 members (excludes halogenated alkanes) is 1. The van der Waals surface area contributed by atoms with Crippen LogP contribution in [0.15, 0.2) is 42.6 Å². The van der Waals surface area contributed by atoms with E-state index in [2.05, 4.69) is 69.3 Å². The number of fused-ring (bicyclic) bond motifs is 1. The third-order valence-electron chi connectivity index (χ3n) is 6.45. The molecule has 5 heteroatoms. The number of hydrogen-bond donors (Lipinski definition) is 0. The van der Waals surface area contributed by atoms with Crippen LogP contribution in [0.3, 0.4) is 0 Å². The number of rotatable bonds is 7. The Balaban J connectivity index is 1.83. The fraction of sp³-hybridized carbons (Fsp3) is 0.440. The van der Waals surface area contributed by atoms with E-state index in [0.29, 0.717) is 0 Å². The van der Waals surface area contributed by atoms with Crippen molar-refractivity contribution in [3.05, 3.63) is 53.7 Å². The van der Waals surface area contributed by atoms with Gasteiger partial charge in [0.2, 0.25) is 0 Å². The molecule has 0 bridgehead atoms. The summed E-state index contributed by atoms with van der Waals surface area (Å²) in [5, 5.41) is 16.6. The van der Waals surface area contributed by atoms with Crippen LogP contribution in [-0.2, 0) is 17.9 Å². The van der Waals surface area contributed by atoms with Crippen molar-refractivity contribution in [2.75, 3.05) is 6.61 Å². The molecule has 1 aromatic heterocycles. The summed E-state index contributed by atoms with van der Waals surface area (Å²) in [4.78, 5) is 0. The van der Waals surface area contributed by atoms with E-state index in [-0.39, 0.29) is 5.04 Å². The highest BCUT2D eigenvalue weighted by molar-refractivity contribution is 6.74. The molecule has 0 aliphatic heterocycles. The quantitative estimate of drug-likeness (QED) is 0.326. The Morgan fingerprint density at radius 3 is 2.40 bits per heavy atom. The number of aromatic nitrogens is 2. The predicted octanol–water partition coefficient (Wildman–Crippen LogP) is 6.46. The van der Waals surface area contributed by atoms with Crippen LogP contribution in [0.25, 0.3) is 22.0 Å². The van der Waals surface area contributed by atoms with E-state index in [0.717, 1.165) is 48.1 Å². The maximum atomic E-state index is 9.89. The zero-order chi connectivity index (χ0) is 21.9. The summed E-state index contributed by atoms with van der Waals surface area (Å²) in [5.41, 5.74) is 3.94. The third-order valence-corrected chi connectivity index (χ3v) is 11.0. The molecule has 0 saturated heterocycles. The molecule has 30 heavy (non-hydrogen) atoms. The highest BCUT2D eigenvalue weighted by Crippen LogP contribution is 2.37. The van der Waals surface area contributed by atoms with Crippen LogP contribution in [0.5, 0.6) is 0 Å². The first-order chi connectivity index (χ1) is 14.2.